The van der Waals surface area contributed by atoms with Crippen molar-refractivity contribution in [3.05, 3.63) is 73.5 Å². The first-order chi connectivity index (χ1) is 11.9. The van der Waals surface area contributed by atoms with Gasteiger partial charge in [-0.15, -0.1) is 0 Å². The Morgan fingerprint density at radius 1 is 1.08 bits per heavy atom. The summed E-state index contributed by atoms with van der Waals surface area (Å²) in [5.41, 5.74) is 2.94. The molecule has 0 fully saturated rings. The van der Waals surface area contributed by atoms with Crippen LogP contribution in [-0.4, -0.2) is 12.4 Å². The summed E-state index contributed by atoms with van der Waals surface area (Å²) in [6.45, 7) is 5.38. The van der Waals surface area contributed by atoms with E-state index in [1.807, 2.05) is 32.0 Å². The summed E-state index contributed by atoms with van der Waals surface area (Å²) in [5, 5.41) is 0.728. The van der Waals surface area contributed by atoms with Gasteiger partial charge >= 0.3 is 5.63 Å². The van der Waals surface area contributed by atoms with Gasteiger partial charge in [0.15, 0.2) is 12.4 Å². The van der Waals surface area contributed by atoms with Gasteiger partial charge in [-0.3, -0.25) is 4.79 Å². The van der Waals surface area contributed by atoms with Gasteiger partial charge in [-0.2, -0.15) is 0 Å². The number of ether oxygens (including phenoxy) is 1. The van der Waals surface area contributed by atoms with Crippen molar-refractivity contribution in [2.45, 2.75) is 20.8 Å². The van der Waals surface area contributed by atoms with Crippen LogP contribution in [0.4, 0.5) is 0 Å². The van der Waals surface area contributed by atoms with Crippen molar-refractivity contribution in [3.8, 4) is 5.75 Å². The average Bonchev–Trinajstić information content (AvgIpc) is 2.57. The molecule has 0 saturated carbocycles. The smallest absolute Gasteiger partial charge is 0.339 e. The standard InChI is InChI=1S/C20H17BrO4/c1-11-8-17(19-12(2)13(3)20(23)25-18(19)9-11)24-10-16(22)14-4-6-15(21)7-5-14/h4-9H,10H2,1-3H3. The Hall–Kier alpha value is -2.40. The monoisotopic (exact) mass is 400 g/mol. The minimum absolute atomic E-state index is 0.0855. The van der Waals surface area contributed by atoms with E-state index in [0.29, 0.717) is 22.5 Å². The molecule has 0 spiro atoms. The van der Waals surface area contributed by atoms with Crippen molar-refractivity contribution < 1.29 is 13.9 Å². The van der Waals surface area contributed by atoms with Crippen LogP contribution in [0, 0.1) is 20.8 Å². The van der Waals surface area contributed by atoms with E-state index in [2.05, 4.69) is 15.9 Å². The summed E-state index contributed by atoms with van der Waals surface area (Å²) < 4.78 is 12.1. The van der Waals surface area contributed by atoms with Gasteiger partial charge in [0, 0.05) is 15.6 Å². The normalized spacial score (nSPS) is 10.9. The molecule has 0 atom stereocenters. The third kappa shape index (κ3) is 3.51. The van der Waals surface area contributed by atoms with E-state index in [9.17, 15) is 9.59 Å². The number of carbonyl (C=O) groups is 1. The van der Waals surface area contributed by atoms with E-state index in [0.717, 1.165) is 21.0 Å². The lowest BCUT2D eigenvalue weighted by Gasteiger charge is -2.12. The van der Waals surface area contributed by atoms with Crippen molar-refractivity contribution in [2.24, 2.45) is 0 Å². The number of carbonyl (C=O) groups excluding carboxylic acids is 1. The Morgan fingerprint density at radius 3 is 2.44 bits per heavy atom. The molecule has 0 unspecified atom stereocenters. The van der Waals surface area contributed by atoms with Gasteiger partial charge in [0.05, 0.1) is 5.39 Å². The van der Waals surface area contributed by atoms with Crippen molar-refractivity contribution in [2.75, 3.05) is 6.61 Å². The number of fused-ring (bicyclic) bond motifs is 1. The lowest BCUT2D eigenvalue weighted by atomic mass is 10.0. The van der Waals surface area contributed by atoms with Crippen LogP contribution in [0.5, 0.6) is 5.75 Å². The summed E-state index contributed by atoms with van der Waals surface area (Å²) in [5.74, 6) is 0.429. The summed E-state index contributed by atoms with van der Waals surface area (Å²) in [6.07, 6.45) is 0. The zero-order valence-corrected chi connectivity index (χ0v) is 15.8. The summed E-state index contributed by atoms with van der Waals surface area (Å²) in [4.78, 5) is 24.2. The third-order valence-electron chi connectivity index (χ3n) is 4.18. The molecule has 0 N–H and O–H groups in total. The Bertz CT molecular complexity index is 1020. The van der Waals surface area contributed by atoms with Crippen molar-refractivity contribution in [1.82, 2.24) is 0 Å². The van der Waals surface area contributed by atoms with Crippen molar-refractivity contribution in [1.29, 1.82) is 0 Å². The predicted molar refractivity (Wildman–Crippen MR) is 101 cm³/mol. The highest BCUT2D eigenvalue weighted by Gasteiger charge is 2.15. The van der Waals surface area contributed by atoms with E-state index in [4.69, 9.17) is 9.15 Å². The number of Topliss-reactive ketones (excluding diaryl/α,β-unsaturated/α-hetero) is 1. The molecule has 3 aromatic rings. The first kappa shape index (κ1) is 17.4. The summed E-state index contributed by atoms with van der Waals surface area (Å²) in [6, 6.07) is 10.8. The minimum Gasteiger partial charge on any atom is -0.485 e. The Labute approximate surface area is 153 Å². The molecular weight excluding hydrogens is 384 g/mol. The van der Waals surface area contributed by atoms with Crippen LogP contribution in [-0.2, 0) is 0 Å². The predicted octanol–water partition coefficient (Wildman–Crippen LogP) is 4.74. The highest BCUT2D eigenvalue weighted by molar-refractivity contribution is 9.10. The molecule has 0 aliphatic heterocycles. The number of halogens is 1. The zero-order valence-electron chi connectivity index (χ0n) is 14.2. The molecule has 2 aromatic carbocycles. The van der Waals surface area contributed by atoms with Gasteiger partial charge < -0.3 is 9.15 Å². The third-order valence-corrected chi connectivity index (χ3v) is 4.71. The number of benzene rings is 2. The number of hydrogen-bond donors (Lipinski definition) is 0. The molecule has 0 amide bonds. The first-order valence-corrected chi connectivity index (χ1v) is 8.62. The SMILES string of the molecule is Cc1cc(OCC(=O)c2ccc(Br)cc2)c2c(C)c(C)c(=O)oc2c1. The molecule has 128 valence electrons. The van der Waals surface area contributed by atoms with Gasteiger partial charge in [-0.05, 0) is 56.2 Å². The maximum atomic E-state index is 12.3. The number of aryl methyl sites for hydroxylation is 2. The highest BCUT2D eigenvalue weighted by Crippen LogP contribution is 2.31. The summed E-state index contributed by atoms with van der Waals surface area (Å²) >= 11 is 3.35. The fraction of sp³-hybridized carbons (Fsp3) is 0.200. The number of ketones is 1. The van der Waals surface area contributed by atoms with E-state index >= 15 is 0 Å². The van der Waals surface area contributed by atoms with Crippen molar-refractivity contribution in [3.63, 3.8) is 0 Å². The second-order valence-corrected chi connectivity index (χ2v) is 6.91. The Kier molecular flexibility index (Phi) is 4.77. The van der Waals surface area contributed by atoms with Gasteiger partial charge in [0.1, 0.15) is 11.3 Å². The van der Waals surface area contributed by atoms with E-state index in [-0.39, 0.29) is 18.0 Å². The van der Waals surface area contributed by atoms with Crippen LogP contribution in [0.1, 0.15) is 27.0 Å². The molecule has 0 radical (unpaired) electrons. The highest BCUT2D eigenvalue weighted by atomic mass is 79.9. The lowest BCUT2D eigenvalue weighted by Crippen LogP contribution is -2.13. The van der Waals surface area contributed by atoms with E-state index in [1.165, 1.54) is 0 Å². The van der Waals surface area contributed by atoms with Crippen LogP contribution in [0.25, 0.3) is 11.0 Å². The maximum Gasteiger partial charge on any atom is 0.339 e. The van der Waals surface area contributed by atoms with Crippen LogP contribution >= 0.6 is 15.9 Å². The average molecular weight is 401 g/mol. The van der Waals surface area contributed by atoms with Crippen LogP contribution in [0.3, 0.4) is 0 Å². The molecule has 1 aromatic heterocycles. The van der Waals surface area contributed by atoms with Gasteiger partial charge in [0.25, 0.3) is 0 Å². The van der Waals surface area contributed by atoms with Gasteiger partial charge in [-0.25, -0.2) is 4.79 Å². The lowest BCUT2D eigenvalue weighted by molar-refractivity contribution is 0.0922. The molecule has 3 rings (SSSR count). The van der Waals surface area contributed by atoms with Crippen LogP contribution in [0.15, 0.2) is 50.1 Å². The molecule has 25 heavy (non-hydrogen) atoms. The zero-order chi connectivity index (χ0) is 18.1. The number of rotatable bonds is 4. The first-order valence-electron chi connectivity index (χ1n) is 7.83. The second kappa shape index (κ2) is 6.84. The van der Waals surface area contributed by atoms with Crippen molar-refractivity contribution >= 4 is 32.7 Å². The molecule has 0 bridgehead atoms. The Balaban J connectivity index is 1.96. The van der Waals surface area contributed by atoms with E-state index < -0.39 is 0 Å². The minimum atomic E-state index is -0.354. The number of hydrogen-bond acceptors (Lipinski definition) is 4. The molecule has 0 aliphatic rings. The Morgan fingerprint density at radius 2 is 1.76 bits per heavy atom. The second-order valence-electron chi connectivity index (χ2n) is 5.99. The molecule has 0 aliphatic carbocycles. The topological polar surface area (TPSA) is 56.5 Å². The fourth-order valence-electron chi connectivity index (χ4n) is 2.66. The van der Waals surface area contributed by atoms with Crippen LogP contribution in [0.2, 0.25) is 0 Å². The largest absolute Gasteiger partial charge is 0.485 e. The fourth-order valence-corrected chi connectivity index (χ4v) is 2.93. The molecule has 0 saturated heterocycles. The summed E-state index contributed by atoms with van der Waals surface area (Å²) in [7, 11) is 0. The maximum absolute atomic E-state index is 12.3. The van der Waals surface area contributed by atoms with E-state index in [1.54, 1.807) is 25.1 Å². The van der Waals surface area contributed by atoms with Crippen LogP contribution < -0.4 is 10.4 Å². The molecule has 5 heteroatoms. The van der Waals surface area contributed by atoms with Gasteiger partial charge in [0.2, 0.25) is 0 Å². The quantitative estimate of drug-likeness (QED) is 0.468. The molecule has 1 heterocycles. The van der Waals surface area contributed by atoms with Gasteiger partial charge in [-0.1, -0.05) is 28.1 Å². The molecule has 4 nitrogen and oxygen atoms in total. The molecular formula is C20H17BrO4.